The first kappa shape index (κ1) is 15.1. The van der Waals surface area contributed by atoms with E-state index in [0.717, 1.165) is 6.08 Å². The van der Waals surface area contributed by atoms with Crippen molar-refractivity contribution in [3.63, 3.8) is 0 Å². The summed E-state index contributed by atoms with van der Waals surface area (Å²) in [4.78, 5) is 10.5. The first-order chi connectivity index (χ1) is 10.0. The highest BCUT2D eigenvalue weighted by molar-refractivity contribution is 6.30. The minimum absolute atomic E-state index is 0.0646. The Labute approximate surface area is 126 Å². The van der Waals surface area contributed by atoms with Gasteiger partial charge >= 0.3 is 5.97 Å². The second kappa shape index (κ2) is 6.90. The average molecular weight is 307 g/mol. The van der Waals surface area contributed by atoms with Gasteiger partial charge in [-0.1, -0.05) is 29.8 Å². The topological polar surface area (TPSA) is 46.5 Å². The molecule has 0 saturated heterocycles. The molecule has 5 heteroatoms. The van der Waals surface area contributed by atoms with E-state index in [-0.39, 0.29) is 6.61 Å². The van der Waals surface area contributed by atoms with Crippen LogP contribution in [0.5, 0.6) is 5.75 Å². The molecule has 0 atom stereocenters. The number of ether oxygens (including phenoxy) is 1. The van der Waals surface area contributed by atoms with Crippen LogP contribution in [0, 0.1) is 5.82 Å². The first-order valence-electron chi connectivity index (χ1n) is 6.12. The van der Waals surface area contributed by atoms with Gasteiger partial charge in [0.1, 0.15) is 18.2 Å². The largest absolute Gasteiger partial charge is 0.489 e. The molecule has 0 aromatic heterocycles. The number of carboxylic acids is 1. The fraction of sp³-hybridized carbons (Fsp3) is 0.0625. The van der Waals surface area contributed by atoms with Crippen LogP contribution in [0.25, 0.3) is 6.08 Å². The Morgan fingerprint density at radius 3 is 2.81 bits per heavy atom. The van der Waals surface area contributed by atoms with Crippen molar-refractivity contribution in [2.45, 2.75) is 6.61 Å². The average Bonchev–Trinajstić information content (AvgIpc) is 2.45. The SMILES string of the molecule is O=C(O)/C=C/c1cccc(OCc2ccc(Cl)cc2F)c1. The Kier molecular flexibility index (Phi) is 4.95. The van der Waals surface area contributed by atoms with Crippen LogP contribution in [0.2, 0.25) is 5.02 Å². The summed E-state index contributed by atoms with van der Waals surface area (Å²) < 4.78 is 19.1. The van der Waals surface area contributed by atoms with Crippen molar-refractivity contribution in [3.8, 4) is 5.75 Å². The highest BCUT2D eigenvalue weighted by Crippen LogP contribution is 2.19. The lowest BCUT2D eigenvalue weighted by Gasteiger charge is -2.08. The van der Waals surface area contributed by atoms with E-state index < -0.39 is 11.8 Å². The van der Waals surface area contributed by atoms with Gasteiger partial charge in [-0.2, -0.15) is 0 Å². The molecule has 2 aromatic rings. The molecule has 0 radical (unpaired) electrons. The van der Waals surface area contributed by atoms with Crippen molar-refractivity contribution in [2.24, 2.45) is 0 Å². The molecule has 0 fully saturated rings. The fourth-order valence-corrected chi connectivity index (χ4v) is 1.83. The Morgan fingerprint density at radius 2 is 2.10 bits per heavy atom. The summed E-state index contributed by atoms with van der Waals surface area (Å²) in [6.45, 7) is 0.0646. The van der Waals surface area contributed by atoms with Crippen LogP contribution in [0.1, 0.15) is 11.1 Å². The van der Waals surface area contributed by atoms with Gasteiger partial charge in [0.05, 0.1) is 0 Å². The Balaban J connectivity index is 2.06. The molecule has 0 spiro atoms. The molecule has 1 N–H and O–H groups in total. The maximum absolute atomic E-state index is 13.6. The fourth-order valence-electron chi connectivity index (χ4n) is 1.68. The summed E-state index contributed by atoms with van der Waals surface area (Å²) in [6, 6.07) is 11.2. The monoisotopic (exact) mass is 306 g/mol. The van der Waals surface area contributed by atoms with Crippen molar-refractivity contribution in [2.75, 3.05) is 0 Å². The van der Waals surface area contributed by atoms with Crippen molar-refractivity contribution in [1.29, 1.82) is 0 Å². The number of carbonyl (C=O) groups is 1. The summed E-state index contributed by atoms with van der Waals surface area (Å²) >= 11 is 5.68. The van der Waals surface area contributed by atoms with Gasteiger partial charge in [-0.05, 0) is 35.9 Å². The van der Waals surface area contributed by atoms with Gasteiger partial charge in [-0.25, -0.2) is 9.18 Å². The van der Waals surface area contributed by atoms with E-state index >= 15 is 0 Å². The Morgan fingerprint density at radius 1 is 1.29 bits per heavy atom. The van der Waals surface area contributed by atoms with Crippen LogP contribution in [-0.4, -0.2) is 11.1 Å². The van der Waals surface area contributed by atoms with Gasteiger partial charge in [0.2, 0.25) is 0 Å². The highest BCUT2D eigenvalue weighted by Gasteiger charge is 2.04. The van der Waals surface area contributed by atoms with Crippen molar-refractivity contribution < 1.29 is 19.0 Å². The van der Waals surface area contributed by atoms with Gasteiger partial charge < -0.3 is 9.84 Å². The molecule has 21 heavy (non-hydrogen) atoms. The summed E-state index contributed by atoms with van der Waals surface area (Å²) in [7, 11) is 0. The van der Waals surface area contributed by atoms with Crippen LogP contribution in [0.15, 0.2) is 48.5 Å². The number of rotatable bonds is 5. The van der Waals surface area contributed by atoms with Crippen molar-refractivity contribution >= 4 is 23.6 Å². The first-order valence-corrected chi connectivity index (χ1v) is 6.50. The van der Waals surface area contributed by atoms with Gasteiger partial charge in [0, 0.05) is 16.7 Å². The molecule has 2 aromatic carbocycles. The Hall–Kier alpha value is -2.33. The summed E-state index contributed by atoms with van der Waals surface area (Å²) in [5, 5.41) is 8.91. The van der Waals surface area contributed by atoms with Crippen LogP contribution in [0.3, 0.4) is 0 Å². The summed E-state index contributed by atoms with van der Waals surface area (Å²) in [6.07, 6.45) is 2.50. The minimum Gasteiger partial charge on any atom is -0.489 e. The number of halogens is 2. The van der Waals surface area contributed by atoms with Crippen LogP contribution >= 0.6 is 11.6 Å². The predicted molar refractivity (Wildman–Crippen MR) is 78.9 cm³/mol. The van der Waals surface area contributed by atoms with E-state index in [1.807, 2.05) is 0 Å². The van der Waals surface area contributed by atoms with Gasteiger partial charge in [0.15, 0.2) is 0 Å². The van der Waals surface area contributed by atoms with E-state index in [1.54, 1.807) is 36.4 Å². The molecule has 0 saturated carbocycles. The predicted octanol–water partition coefficient (Wildman–Crippen LogP) is 4.16. The maximum Gasteiger partial charge on any atom is 0.328 e. The number of carboxylic acid groups (broad SMARTS) is 1. The number of hydrogen-bond donors (Lipinski definition) is 1. The zero-order valence-electron chi connectivity index (χ0n) is 10.9. The van der Waals surface area contributed by atoms with E-state index in [0.29, 0.717) is 21.9 Å². The third-order valence-corrected chi connectivity index (χ3v) is 2.92. The number of benzene rings is 2. The minimum atomic E-state index is -1.02. The van der Waals surface area contributed by atoms with E-state index in [2.05, 4.69) is 0 Å². The highest BCUT2D eigenvalue weighted by atomic mass is 35.5. The van der Waals surface area contributed by atoms with Gasteiger partial charge in [-0.15, -0.1) is 0 Å². The normalized spacial score (nSPS) is 10.8. The third kappa shape index (κ3) is 4.61. The third-order valence-electron chi connectivity index (χ3n) is 2.69. The van der Waals surface area contributed by atoms with Gasteiger partial charge in [-0.3, -0.25) is 0 Å². The van der Waals surface area contributed by atoms with E-state index in [4.69, 9.17) is 21.4 Å². The zero-order valence-corrected chi connectivity index (χ0v) is 11.7. The smallest absolute Gasteiger partial charge is 0.328 e. The number of aliphatic carboxylic acids is 1. The van der Waals surface area contributed by atoms with Gasteiger partial charge in [0.25, 0.3) is 0 Å². The molecule has 3 nitrogen and oxygen atoms in total. The van der Waals surface area contributed by atoms with Crippen molar-refractivity contribution in [1.82, 2.24) is 0 Å². The lowest BCUT2D eigenvalue weighted by Crippen LogP contribution is -1.98. The molecular weight excluding hydrogens is 295 g/mol. The van der Waals surface area contributed by atoms with Crippen LogP contribution in [0.4, 0.5) is 4.39 Å². The molecule has 0 amide bonds. The van der Waals surface area contributed by atoms with Crippen LogP contribution in [-0.2, 0) is 11.4 Å². The molecule has 0 aliphatic heterocycles. The molecule has 0 bridgehead atoms. The summed E-state index contributed by atoms with van der Waals surface area (Å²) in [5.41, 5.74) is 1.08. The van der Waals surface area contributed by atoms with E-state index in [9.17, 15) is 9.18 Å². The Bertz CT molecular complexity index is 683. The molecule has 2 rings (SSSR count). The second-order valence-corrected chi connectivity index (χ2v) is 4.70. The standard InChI is InChI=1S/C16H12ClFO3/c17-13-6-5-12(15(18)9-13)10-21-14-3-1-2-11(8-14)4-7-16(19)20/h1-9H,10H2,(H,19,20)/b7-4+. The lowest BCUT2D eigenvalue weighted by atomic mass is 10.2. The summed E-state index contributed by atoms with van der Waals surface area (Å²) in [5.74, 6) is -0.925. The zero-order chi connectivity index (χ0) is 15.2. The molecule has 0 aliphatic rings. The molecule has 0 heterocycles. The van der Waals surface area contributed by atoms with E-state index in [1.165, 1.54) is 12.1 Å². The molecule has 108 valence electrons. The second-order valence-electron chi connectivity index (χ2n) is 4.27. The maximum atomic E-state index is 13.6. The molecule has 0 unspecified atom stereocenters. The lowest BCUT2D eigenvalue weighted by molar-refractivity contribution is -0.131. The molecular formula is C16H12ClFO3. The number of hydrogen-bond acceptors (Lipinski definition) is 2. The molecule has 0 aliphatic carbocycles. The van der Waals surface area contributed by atoms with Crippen molar-refractivity contribution in [3.05, 3.63) is 70.5 Å². The van der Waals surface area contributed by atoms with Crippen LogP contribution < -0.4 is 4.74 Å². The quantitative estimate of drug-likeness (QED) is 0.844.